The second-order valence-electron chi connectivity index (χ2n) is 7.13. The molecule has 1 saturated heterocycles. The number of carbonyl (C=O) groups excluding carboxylic acids is 3. The molecule has 2 aliphatic carbocycles. The first-order chi connectivity index (χ1) is 12.2. The van der Waals surface area contributed by atoms with Gasteiger partial charge < -0.3 is 16.0 Å². The van der Waals surface area contributed by atoms with Gasteiger partial charge in [0.1, 0.15) is 11.6 Å². The van der Waals surface area contributed by atoms with Crippen molar-refractivity contribution in [2.75, 3.05) is 13.1 Å². The SMILES string of the molecule is C=C[C@@H]1C[C@]1(NC(=O)[C@@H]1CCCN1C(=O)CN)C(=O)NS(=O)(=O)C1CC1. The maximum atomic E-state index is 12.7. The van der Waals surface area contributed by atoms with E-state index in [2.05, 4.69) is 16.6 Å². The van der Waals surface area contributed by atoms with Crippen LogP contribution in [0.4, 0.5) is 0 Å². The summed E-state index contributed by atoms with van der Waals surface area (Å²) in [5.41, 5.74) is 4.06. The Morgan fingerprint density at radius 2 is 1.96 bits per heavy atom. The van der Waals surface area contributed by atoms with Crippen LogP contribution in [0.5, 0.6) is 0 Å². The van der Waals surface area contributed by atoms with Crippen molar-refractivity contribution in [3.63, 3.8) is 0 Å². The van der Waals surface area contributed by atoms with Crippen molar-refractivity contribution in [3.05, 3.63) is 12.7 Å². The molecule has 0 spiro atoms. The smallest absolute Gasteiger partial charge is 0.259 e. The Morgan fingerprint density at radius 1 is 1.27 bits per heavy atom. The van der Waals surface area contributed by atoms with Gasteiger partial charge in [-0.3, -0.25) is 19.1 Å². The van der Waals surface area contributed by atoms with Crippen molar-refractivity contribution < 1.29 is 22.8 Å². The van der Waals surface area contributed by atoms with Crippen LogP contribution in [0.25, 0.3) is 0 Å². The Labute approximate surface area is 152 Å². The van der Waals surface area contributed by atoms with E-state index >= 15 is 0 Å². The summed E-state index contributed by atoms with van der Waals surface area (Å²) in [6.45, 7) is 3.89. The maximum absolute atomic E-state index is 12.7. The molecule has 1 aliphatic heterocycles. The molecule has 2 saturated carbocycles. The molecule has 0 aromatic heterocycles. The molecule has 0 aromatic carbocycles. The van der Waals surface area contributed by atoms with Gasteiger partial charge in [0.15, 0.2) is 0 Å². The molecule has 3 aliphatic rings. The third-order valence-corrected chi connectivity index (χ3v) is 7.12. The normalized spacial score (nSPS) is 30.6. The summed E-state index contributed by atoms with van der Waals surface area (Å²) in [6.07, 6.45) is 4.03. The van der Waals surface area contributed by atoms with Crippen LogP contribution in [0, 0.1) is 5.92 Å². The summed E-state index contributed by atoms with van der Waals surface area (Å²) in [5, 5.41) is 2.15. The van der Waals surface area contributed by atoms with Crippen LogP contribution < -0.4 is 15.8 Å². The Balaban J connectivity index is 1.72. The number of rotatable bonds is 7. The van der Waals surface area contributed by atoms with Gasteiger partial charge in [-0.15, -0.1) is 6.58 Å². The second kappa shape index (κ2) is 6.66. The van der Waals surface area contributed by atoms with E-state index in [4.69, 9.17) is 5.73 Å². The van der Waals surface area contributed by atoms with Gasteiger partial charge in [0, 0.05) is 12.5 Å². The minimum Gasteiger partial charge on any atom is -0.339 e. The standard InChI is InChI=1S/C16H24N4O5S/c1-2-10-8-16(10,15(23)19-26(24,25)11-5-6-11)18-14(22)12-4-3-7-20(12)13(21)9-17/h2,10-12H,1,3-9,17H2,(H,18,22)(H,19,23)/t10-,12+,16-/m1/s1. The lowest BCUT2D eigenvalue weighted by molar-refractivity contribution is -0.138. The van der Waals surface area contributed by atoms with E-state index < -0.39 is 38.7 Å². The Morgan fingerprint density at radius 3 is 2.50 bits per heavy atom. The van der Waals surface area contributed by atoms with Gasteiger partial charge in [0.05, 0.1) is 11.8 Å². The fraction of sp³-hybridized carbons (Fsp3) is 0.688. The fourth-order valence-corrected chi connectivity index (χ4v) is 4.84. The number of nitrogens with zero attached hydrogens (tertiary/aromatic N) is 1. The van der Waals surface area contributed by atoms with E-state index in [1.54, 1.807) is 0 Å². The first-order valence-corrected chi connectivity index (χ1v) is 10.3. The maximum Gasteiger partial charge on any atom is 0.259 e. The van der Waals surface area contributed by atoms with Crippen LogP contribution in [-0.4, -0.2) is 61.0 Å². The third kappa shape index (κ3) is 3.35. The van der Waals surface area contributed by atoms with Gasteiger partial charge in [-0.2, -0.15) is 0 Å². The summed E-state index contributed by atoms with van der Waals surface area (Å²) in [4.78, 5) is 38.6. The number of hydrogen-bond donors (Lipinski definition) is 3. The van der Waals surface area contributed by atoms with Crippen LogP contribution in [0.2, 0.25) is 0 Å². The van der Waals surface area contributed by atoms with Crippen LogP contribution in [0.3, 0.4) is 0 Å². The molecule has 3 fully saturated rings. The van der Waals surface area contributed by atoms with Gasteiger partial charge in [-0.25, -0.2) is 8.42 Å². The lowest BCUT2D eigenvalue weighted by Gasteiger charge is -2.26. The molecule has 144 valence electrons. The first kappa shape index (κ1) is 18.8. The van der Waals surface area contributed by atoms with Crippen molar-refractivity contribution >= 4 is 27.7 Å². The highest BCUT2D eigenvalue weighted by molar-refractivity contribution is 7.91. The monoisotopic (exact) mass is 384 g/mol. The molecule has 10 heteroatoms. The second-order valence-corrected chi connectivity index (χ2v) is 9.09. The molecule has 26 heavy (non-hydrogen) atoms. The lowest BCUT2D eigenvalue weighted by Crippen LogP contribution is -2.57. The van der Waals surface area contributed by atoms with E-state index in [0.717, 1.165) is 0 Å². The van der Waals surface area contributed by atoms with E-state index in [1.807, 2.05) is 0 Å². The molecule has 1 heterocycles. The summed E-state index contributed by atoms with van der Waals surface area (Å²) in [6, 6.07) is -0.693. The molecular formula is C16H24N4O5S. The van der Waals surface area contributed by atoms with Gasteiger partial charge in [0.25, 0.3) is 5.91 Å². The zero-order chi connectivity index (χ0) is 19.1. The molecule has 4 N–H and O–H groups in total. The fourth-order valence-electron chi connectivity index (χ4n) is 3.47. The molecule has 0 unspecified atom stereocenters. The highest BCUT2D eigenvalue weighted by Crippen LogP contribution is 2.45. The number of nitrogens with one attached hydrogen (secondary N) is 2. The molecule has 0 bridgehead atoms. The van der Waals surface area contributed by atoms with E-state index in [1.165, 1.54) is 11.0 Å². The summed E-state index contributed by atoms with van der Waals surface area (Å²) >= 11 is 0. The summed E-state index contributed by atoms with van der Waals surface area (Å²) in [5.74, 6) is -1.88. The van der Waals surface area contributed by atoms with Gasteiger partial charge in [-0.05, 0) is 32.1 Å². The number of likely N-dealkylation sites (tertiary alicyclic amines) is 1. The minimum atomic E-state index is -3.71. The quantitative estimate of drug-likeness (QED) is 0.462. The van der Waals surface area contributed by atoms with Gasteiger partial charge >= 0.3 is 0 Å². The third-order valence-electron chi connectivity index (χ3n) is 5.30. The summed E-state index contributed by atoms with van der Waals surface area (Å²) in [7, 11) is -3.71. The van der Waals surface area contributed by atoms with Crippen LogP contribution in [0.15, 0.2) is 12.7 Å². The van der Waals surface area contributed by atoms with E-state index in [-0.39, 0.29) is 24.8 Å². The lowest BCUT2D eigenvalue weighted by atomic mass is 10.1. The van der Waals surface area contributed by atoms with Gasteiger partial charge in [0.2, 0.25) is 21.8 Å². The predicted molar refractivity (Wildman–Crippen MR) is 93.1 cm³/mol. The predicted octanol–water partition coefficient (Wildman–Crippen LogP) is -1.39. The Kier molecular flexibility index (Phi) is 4.82. The van der Waals surface area contributed by atoms with Crippen LogP contribution >= 0.6 is 0 Å². The minimum absolute atomic E-state index is 0.190. The van der Waals surface area contributed by atoms with E-state index in [0.29, 0.717) is 32.2 Å². The highest BCUT2D eigenvalue weighted by Gasteiger charge is 2.61. The highest BCUT2D eigenvalue weighted by atomic mass is 32.2. The van der Waals surface area contributed by atoms with Crippen LogP contribution in [-0.2, 0) is 24.4 Å². The van der Waals surface area contributed by atoms with Crippen molar-refractivity contribution in [2.45, 2.75) is 48.9 Å². The summed E-state index contributed by atoms with van der Waals surface area (Å²) < 4.78 is 26.2. The van der Waals surface area contributed by atoms with Crippen molar-refractivity contribution in [1.82, 2.24) is 14.9 Å². The Hall–Kier alpha value is -1.94. The first-order valence-electron chi connectivity index (χ1n) is 8.75. The molecule has 0 aromatic rings. The van der Waals surface area contributed by atoms with Crippen LogP contribution in [0.1, 0.15) is 32.1 Å². The van der Waals surface area contributed by atoms with Gasteiger partial charge in [-0.1, -0.05) is 6.08 Å². The number of carbonyl (C=O) groups is 3. The molecule has 9 nitrogen and oxygen atoms in total. The zero-order valence-corrected chi connectivity index (χ0v) is 15.3. The Bertz CT molecular complexity index is 748. The number of hydrogen-bond acceptors (Lipinski definition) is 6. The number of amides is 3. The molecule has 3 atom stereocenters. The molecule has 3 rings (SSSR count). The number of nitrogens with two attached hydrogens (primary N) is 1. The molecule has 3 amide bonds. The zero-order valence-electron chi connectivity index (χ0n) is 14.4. The van der Waals surface area contributed by atoms with Crippen molar-refractivity contribution in [2.24, 2.45) is 11.7 Å². The van der Waals surface area contributed by atoms with Crippen molar-refractivity contribution in [3.8, 4) is 0 Å². The largest absolute Gasteiger partial charge is 0.339 e. The average Bonchev–Trinajstić information content (AvgIpc) is 3.51. The molecular weight excluding hydrogens is 360 g/mol. The topological polar surface area (TPSA) is 139 Å². The molecule has 0 radical (unpaired) electrons. The average molecular weight is 384 g/mol. The number of sulfonamides is 1. The van der Waals surface area contributed by atoms with Crippen molar-refractivity contribution in [1.29, 1.82) is 0 Å². The van der Waals surface area contributed by atoms with E-state index in [9.17, 15) is 22.8 Å².